The molecule has 1 heteroatoms. The van der Waals surface area contributed by atoms with Crippen LogP contribution in [0, 0.1) is 23.7 Å². The number of rotatable bonds is 2. The number of benzene rings is 2. The average molecular weight is 294 g/mol. The summed E-state index contributed by atoms with van der Waals surface area (Å²) in [5.74, 6) is 4.30. The van der Waals surface area contributed by atoms with Crippen molar-refractivity contribution in [3.8, 4) is 0 Å². The Kier molecular flexibility index (Phi) is 2.90. The Balaban J connectivity index is 1.49. The van der Waals surface area contributed by atoms with E-state index in [4.69, 9.17) is 0 Å². The van der Waals surface area contributed by atoms with Gasteiger partial charge in [0.15, 0.2) is 0 Å². The lowest BCUT2D eigenvalue weighted by Crippen LogP contribution is -2.46. The van der Waals surface area contributed by atoms with Gasteiger partial charge in [-0.2, -0.15) is 0 Å². The predicted molar refractivity (Wildman–Crippen MR) is 92.7 cm³/mol. The Morgan fingerprint density at radius 3 is 2.14 bits per heavy atom. The molecule has 0 aromatic heterocycles. The van der Waals surface area contributed by atoms with Gasteiger partial charge in [0, 0.05) is 0 Å². The van der Waals surface area contributed by atoms with Crippen molar-refractivity contribution in [3.63, 3.8) is 0 Å². The largest absolute Gasteiger partial charge is 0.0860 e. The molecular formula is C20H23P. The first-order valence-electron chi connectivity index (χ1n) is 8.61. The van der Waals surface area contributed by atoms with Crippen molar-refractivity contribution in [2.24, 2.45) is 23.7 Å². The van der Waals surface area contributed by atoms with Crippen LogP contribution in [-0.2, 0) is 0 Å². The highest BCUT2D eigenvalue weighted by molar-refractivity contribution is 7.48. The predicted octanol–water partition coefficient (Wildman–Crippen LogP) is 4.97. The first-order chi connectivity index (χ1) is 10.4. The lowest BCUT2D eigenvalue weighted by Gasteiger charge is -2.54. The normalized spacial score (nSPS) is 37.8. The first-order valence-corrected chi connectivity index (χ1v) is 9.69. The molecule has 0 spiro atoms. The van der Waals surface area contributed by atoms with Crippen LogP contribution in [0.2, 0.25) is 0 Å². The second-order valence-corrected chi connectivity index (χ2v) is 9.12. The van der Waals surface area contributed by atoms with Crippen LogP contribution >= 0.6 is 8.58 Å². The zero-order valence-electron chi connectivity index (χ0n) is 12.5. The minimum atomic E-state index is 1.00. The summed E-state index contributed by atoms with van der Waals surface area (Å²) in [6.07, 6.45) is 7.77. The van der Waals surface area contributed by atoms with Crippen molar-refractivity contribution < 1.29 is 0 Å². The fourth-order valence-corrected chi connectivity index (χ4v) is 7.64. The lowest BCUT2D eigenvalue weighted by atomic mass is 9.56. The van der Waals surface area contributed by atoms with E-state index in [0.29, 0.717) is 0 Å². The Morgan fingerprint density at radius 1 is 0.714 bits per heavy atom. The van der Waals surface area contributed by atoms with Gasteiger partial charge in [-0.1, -0.05) is 51.0 Å². The van der Waals surface area contributed by atoms with Gasteiger partial charge in [-0.15, -0.1) is 0 Å². The zero-order valence-corrected chi connectivity index (χ0v) is 13.5. The quantitative estimate of drug-likeness (QED) is 0.686. The van der Waals surface area contributed by atoms with Gasteiger partial charge in [0.05, 0.1) is 0 Å². The molecule has 0 aliphatic heterocycles. The van der Waals surface area contributed by atoms with Crippen molar-refractivity contribution in [3.05, 3.63) is 42.5 Å². The fraction of sp³-hybridized carbons (Fsp3) is 0.500. The maximum Gasteiger partial charge on any atom is -0.0110 e. The van der Waals surface area contributed by atoms with Gasteiger partial charge in [0.25, 0.3) is 0 Å². The third-order valence-corrected chi connectivity index (χ3v) is 8.36. The maximum atomic E-state index is 2.39. The van der Waals surface area contributed by atoms with Crippen LogP contribution in [0.1, 0.15) is 32.1 Å². The van der Waals surface area contributed by atoms with Gasteiger partial charge in [-0.05, 0) is 77.5 Å². The van der Waals surface area contributed by atoms with E-state index in [0.717, 1.165) is 37.9 Å². The van der Waals surface area contributed by atoms with Gasteiger partial charge in [-0.3, -0.25) is 0 Å². The number of hydrogen-bond donors (Lipinski definition) is 0. The van der Waals surface area contributed by atoms with Gasteiger partial charge in [0.2, 0.25) is 0 Å². The van der Waals surface area contributed by atoms with Crippen LogP contribution in [0.15, 0.2) is 42.5 Å². The van der Waals surface area contributed by atoms with Crippen LogP contribution in [0.25, 0.3) is 10.8 Å². The van der Waals surface area contributed by atoms with Gasteiger partial charge < -0.3 is 0 Å². The summed E-state index contributed by atoms with van der Waals surface area (Å²) in [6.45, 7) is 0. The monoisotopic (exact) mass is 294 g/mol. The maximum absolute atomic E-state index is 2.39. The lowest BCUT2D eigenvalue weighted by molar-refractivity contribution is 0.0259. The minimum Gasteiger partial charge on any atom is -0.0860 e. The summed E-state index contributed by atoms with van der Waals surface area (Å²) in [4.78, 5) is 0. The second kappa shape index (κ2) is 4.82. The standard InChI is InChI=1S/C20H23P/c1-2-6-18-15(4-1)5-3-7-19(18)21-20-16-9-13-8-14(11-16)12-17(20)10-13/h1-7,13-14,16-17,20-21H,8-12H2. The van der Waals surface area contributed by atoms with E-state index in [9.17, 15) is 0 Å². The highest BCUT2D eigenvalue weighted by Crippen LogP contribution is 2.58. The van der Waals surface area contributed by atoms with Crippen LogP contribution < -0.4 is 5.30 Å². The molecule has 0 N–H and O–H groups in total. The summed E-state index contributed by atoms with van der Waals surface area (Å²) in [5.41, 5.74) is 1.00. The summed E-state index contributed by atoms with van der Waals surface area (Å²) in [5, 5.41) is 4.56. The Morgan fingerprint density at radius 2 is 1.38 bits per heavy atom. The molecule has 0 saturated heterocycles. The minimum absolute atomic E-state index is 1.00. The van der Waals surface area contributed by atoms with E-state index < -0.39 is 0 Å². The number of hydrogen-bond acceptors (Lipinski definition) is 0. The highest BCUT2D eigenvalue weighted by Gasteiger charge is 2.47. The Hall–Kier alpha value is -0.870. The second-order valence-electron chi connectivity index (χ2n) is 7.63. The van der Waals surface area contributed by atoms with Crippen molar-refractivity contribution in [2.75, 3.05) is 0 Å². The van der Waals surface area contributed by atoms with E-state index in [-0.39, 0.29) is 0 Å². The SMILES string of the molecule is c1ccc2c(PC3C4CC5CC(C4)CC3C5)cccc2c1. The molecule has 4 saturated carbocycles. The van der Waals surface area contributed by atoms with Gasteiger partial charge >= 0.3 is 0 Å². The highest BCUT2D eigenvalue weighted by atomic mass is 31.1. The molecule has 0 amide bonds. The molecule has 0 radical (unpaired) electrons. The fourth-order valence-electron chi connectivity index (χ4n) is 5.69. The van der Waals surface area contributed by atoms with E-state index in [1.54, 1.807) is 37.4 Å². The molecule has 4 bridgehead atoms. The van der Waals surface area contributed by atoms with Crippen LogP contribution in [0.5, 0.6) is 0 Å². The third-order valence-electron chi connectivity index (χ3n) is 6.34. The molecule has 1 atom stereocenters. The van der Waals surface area contributed by atoms with E-state index in [1.165, 1.54) is 10.8 Å². The molecule has 4 aliphatic rings. The average Bonchev–Trinajstić information content (AvgIpc) is 2.50. The topological polar surface area (TPSA) is 0 Å². The zero-order chi connectivity index (χ0) is 13.8. The molecule has 6 rings (SSSR count). The number of fused-ring (bicyclic) bond motifs is 1. The molecule has 4 fully saturated rings. The molecule has 4 aliphatic carbocycles. The van der Waals surface area contributed by atoms with E-state index in [2.05, 4.69) is 42.5 Å². The first kappa shape index (κ1) is 12.7. The Bertz CT molecular complexity index is 641. The van der Waals surface area contributed by atoms with Gasteiger partial charge in [0.1, 0.15) is 0 Å². The van der Waals surface area contributed by atoms with E-state index >= 15 is 0 Å². The van der Waals surface area contributed by atoms with Crippen molar-refractivity contribution in [2.45, 2.75) is 37.8 Å². The molecule has 108 valence electrons. The van der Waals surface area contributed by atoms with Crippen molar-refractivity contribution in [1.29, 1.82) is 0 Å². The summed E-state index contributed by atoms with van der Waals surface area (Å²) < 4.78 is 0. The molecule has 2 aromatic rings. The molecule has 0 heterocycles. The van der Waals surface area contributed by atoms with Crippen molar-refractivity contribution >= 4 is 24.7 Å². The smallest absolute Gasteiger partial charge is 0.0110 e. The summed E-state index contributed by atoms with van der Waals surface area (Å²) >= 11 is 0. The molecular weight excluding hydrogens is 271 g/mol. The Labute approximate surface area is 129 Å². The summed E-state index contributed by atoms with van der Waals surface area (Å²) in [6, 6.07) is 15.9. The molecule has 0 nitrogen and oxygen atoms in total. The van der Waals surface area contributed by atoms with Crippen LogP contribution in [-0.4, -0.2) is 5.66 Å². The molecule has 21 heavy (non-hydrogen) atoms. The van der Waals surface area contributed by atoms with Crippen molar-refractivity contribution in [1.82, 2.24) is 0 Å². The van der Waals surface area contributed by atoms with Gasteiger partial charge in [-0.25, -0.2) is 0 Å². The molecule has 1 unspecified atom stereocenters. The van der Waals surface area contributed by atoms with Crippen LogP contribution in [0.4, 0.5) is 0 Å². The van der Waals surface area contributed by atoms with E-state index in [1.807, 2.05) is 0 Å². The summed E-state index contributed by atoms with van der Waals surface area (Å²) in [7, 11) is 1.04. The van der Waals surface area contributed by atoms with Crippen LogP contribution in [0.3, 0.4) is 0 Å². The molecule has 2 aromatic carbocycles. The third kappa shape index (κ3) is 2.07.